The Hall–Kier alpha value is -2.69. The Balaban J connectivity index is 1.62. The van der Waals surface area contributed by atoms with Gasteiger partial charge in [-0.05, 0) is 36.5 Å². The van der Waals surface area contributed by atoms with Crippen LogP contribution in [0.15, 0.2) is 48.5 Å². The number of fused-ring (bicyclic) bond motifs is 1. The van der Waals surface area contributed by atoms with Crippen molar-refractivity contribution in [2.75, 3.05) is 0 Å². The molecule has 4 rings (SSSR count). The second-order valence-electron chi connectivity index (χ2n) is 7.40. The first-order valence-corrected chi connectivity index (χ1v) is 9.12. The van der Waals surface area contributed by atoms with Crippen LogP contribution in [0.2, 0.25) is 0 Å². The van der Waals surface area contributed by atoms with Gasteiger partial charge >= 0.3 is 0 Å². The summed E-state index contributed by atoms with van der Waals surface area (Å²) in [4.78, 5) is 25.7. The van der Waals surface area contributed by atoms with E-state index >= 15 is 0 Å². The molecule has 0 N–H and O–H groups in total. The van der Waals surface area contributed by atoms with Crippen LogP contribution >= 0.6 is 0 Å². The van der Waals surface area contributed by atoms with Crippen molar-refractivity contribution in [2.45, 2.75) is 44.8 Å². The maximum absolute atomic E-state index is 13.1. The maximum atomic E-state index is 13.1. The molecule has 2 aliphatic carbocycles. The van der Waals surface area contributed by atoms with E-state index in [2.05, 4.69) is 12.1 Å². The third kappa shape index (κ3) is 3.09. The Morgan fingerprint density at radius 1 is 1.19 bits per heavy atom. The van der Waals surface area contributed by atoms with Crippen molar-refractivity contribution in [1.82, 2.24) is 4.90 Å². The second-order valence-corrected chi connectivity index (χ2v) is 7.40. The number of carbonyl (C=O) groups excluding carboxylic acids is 1. The average Bonchev–Trinajstić information content (AvgIpc) is 3.34. The van der Waals surface area contributed by atoms with E-state index in [1.165, 1.54) is 16.7 Å². The summed E-state index contributed by atoms with van der Waals surface area (Å²) in [7, 11) is 0. The minimum absolute atomic E-state index is 0.00741. The molecule has 0 saturated heterocycles. The molecule has 0 heterocycles. The van der Waals surface area contributed by atoms with Crippen LogP contribution in [0.1, 0.15) is 41.1 Å². The molecule has 134 valence electrons. The second kappa shape index (κ2) is 6.56. The Labute approximate surface area is 152 Å². The van der Waals surface area contributed by atoms with Crippen molar-refractivity contribution in [2.24, 2.45) is 5.92 Å². The molecule has 5 heteroatoms. The summed E-state index contributed by atoms with van der Waals surface area (Å²) >= 11 is 0. The highest BCUT2D eigenvalue weighted by atomic mass is 16.6. The van der Waals surface area contributed by atoms with Crippen LogP contribution in [0.5, 0.6) is 0 Å². The molecule has 3 unspecified atom stereocenters. The van der Waals surface area contributed by atoms with Crippen LogP contribution in [-0.4, -0.2) is 21.8 Å². The zero-order chi connectivity index (χ0) is 18.3. The molecule has 5 nitrogen and oxygen atoms in total. The van der Waals surface area contributed by atoms with Crippen molar-refractivity contribution in [3.8, 4) is 0 Å². The van der Waals surface area contributed by atoms with Crippen LogP contribution < -0.4 is 0 Å². The molecule has 26 heavy (non-hydrogen) atoms. The minimum Gasteiger partial charge on any atom is -0.331 e. The Morgan fingerprint density at radius 3 is 2.62 bits per heavy atom. The van der Waals surface area contributed by atoms with E-state index in [4.69, 9.17) is 0 Å². The molecular weight excluding hydrogens is 328 g/mol. The van der Waals surface area contributed by atoms with Gasteiger partial charge in [-0.25, -0.2) is 0 Å². The Morgan fingerprint density at radius 2 is 1.92 bits per heavy atom. The monoisotopic (exact) mass is 350 g/mol. The van der Waals surface area contributed by atoms with Crippen LogP contribution in [0.25, 0.3) is 0 Å². The highest BCUT2D eigenvalue weighted by Crippen LogP contribution is 2.41. The fraction of sp³-hybridized carbons (Fsp3) is 0.381. The lowest BCUT2D eigenvalue weighted by molar-refractivity contribution is -0.497. The third-order valence-corrected chi connectivity index (χ3v) is 5.58. The topological polar surface area (TPSA) is 63.5 Å². The fourth-order valence-corrected chi connectivity index (χ4v) is 3.98. The lowest BCUT2D eigenvalue weighted by Crippen LogP contribution is -2.36. The number of benzene rings is 2. The summed E-state index contributed by atoms with van der Waals surface area (Å²) in [6.07, 6.45) is 2.19. The normalized spacial score (nSPS) is 23.3. The van der Waals surface area contributed by atoms with E-state index in [0.717, 1.165) is 18.4 Å². The minimum atomic E-state index is -0.709. The summed E-state index contributed by atoms with van der Waals surface area (Å²) in [5, 5.41) is 11.0. The molecule has 0 spiro atoms. The summed E-state index contributed by atoms with van der Waals surface area (Å²) in [6.45, 7) is 2.53. The standard InChI is InChI=1S/C21H22N2O3/c1-14-6-8-15(9-7-14)13-22(21(24)18-12-20(18)23(25)26)19-11-10-16-4-2-3-5-17(16)19/h2-9,18-20H,10-13H2,1H3. The van der Waals surface area contributed by atoms with Gasteiger partial charge < -0.3 is 4.90 Å². The highest BCUT2D eigenvalue weighted by Gasteiger charge is 2.55. The van der Waals surface area contributed by atoms with Crippen molar-refractivity contribution >= 4 is 5.91 Å². The first-order chi connectivity index (χ1) is 12.5. The molecule has 0 radical (unpaired) electrons. The average molecular weight is 350 g/mol. The molecule has 2 aliphatic rings. The molecule has 2 aromatic rings. The van der Waals surface area contributed by atoms with Gasteiger partial charge in [-0.15, -0.1) is 0 Å². The number of hydrogen-bond acceptors (Lipinski definition) is 3. The van der Waals surface area contributed by atoms with Crippen LogP contribution in [0.4, 0.5) is 0 Å². The maximum Gasteiger partial charge on any atom is 0.233 e. The summed E-state index contributed by atoms with van der Waals surface area (Å²) in [5.41, 5.74) is 4.70. The largest absolute Gasteiger partial charge is 0.331 e. The SMILES string of the molecule is Cc1ccc(CN(C(=O)C2CC2[N+](=O)[O-])C2CCc3ccccc32)cc1. The van der Waals surface area contributed by atoms with Gasteiger partial charge in [0.2, 0.25) is 11.9 Å². The first kappa shape index (κ1) is 16.8. The molecule has 1 fully saturated rings. The molecule has 2 aromatic carbocycles. The van der Waals surface area contributed by atoms with Gasteiger partial charge in [-0.1, -0.05) is 54.1 Å². The molecule has 0 bridgehead atoms. The molecule has 1 amide bonds. The van der Waals surface area contributed by atoms with Gasteiger partial charge in [0.25, 0.3) is 0 Å². The highest BCUT2D eigenvalue weighted by molar-refractivity contribution is 5.82. The summed E-state index contributed by atoms with van der Waals surface area (Å²) < 4.78 is 0. The number of amides is 1. The van der Waals surface area contributed by atoms with E-state index < -0.39 is 12.0 Å². The number of aryl methyl sites for hydroxylation is 2. The number of hydrogen-bond donors (Lipinski definition) is 0. The van der Waals surface area contributed by atoms with Gasteiger partial charge in [0.05, 0.1) is 6.04 Å². The fourth-order valence-electron chi connectivity index (χ4n) is 3.98. The number of carbonyl (C=O) groups is 1. The number of rotatable bonds is 5. The zero-order valence-electron chi connectivity index (χ0n) is 14.8. The Bertz CT molecular complexity index is 847. The molecular formula is C21H22N2O3. The molecule has 0 aliphatic heterocycles. The number of nitrogens with zero attached hydrogens (tertiary/aromatic N) is 2. The van der Waals surface area contributed by atoms with Gasteiger partial charge in [0.15, 0.2) is 0 Å². The van der Waals surface area contributed by atoms with Gasteiger partial charge in [0, 0.05) is 17.9 Å². The molecule has 3 atom stereocenters. The van der Waals surface area contributed by atoms with Gasteiger partial charge in [0.1, 0.15) is 5.92 Å². The third-order valence-electron chi connectivity index (χ3n) is 5.58. The lowest BCUT2D eigenvalue weighted by Gasteiger charge is -2.30. The van der Waals surface area contributed by atoms with Gasteiger partial charge in [-0.2, -0.15) is 0 Å². The summed E-state index contributed by atoms with van der Waals surface area (Å²) in [5.74, 6) is -0.544. The van der Waals surface area contributed by atoms with E-state index in [1.807, 2.05) is 48.2 Å². The summed E-state index contributed by atoms with van der Waals surface area (Å²) in [6, 6.07) is 15.7. The van der Waals surface area contributed by atoms with Gasteiger partial charge in [-0.3, -0.25) is 14.9 Å². The Kier molecular flexibility index (Phi) is 4.23. The van der Waals surface area contributed by atoms with E-state index in [9.17, 15) is 14.9 Å². The van der Waals surface area contributed by atoms with Crippen molar-refractivity contribution in [1.29, 1.82) is 0 Å². The van der Waals surface area contributed by atoms with E-state index in [0.29, 0.717) is 13.0 Å². The predicted molar refractivity (Wildman–Crippen MR) is 98.1 cm³/mol. The first-order valence-electron chi connectivity index (χ1n) is 9.12. The van der Waals surface area contributed by atoms with Crippen LogP contribution in [-0.2, 0) is 17.8 Å². The van der Waals surface area contributed by atoms with E-state index in [1.54, 1.807) is 0 Å². The smallest absolute Gasteiger partial charge is 0.233 e. The molecule has 0 aromatic heterocycles. The quantitative estimate of drug-likeness (QED) is 0.610. The molecule has 1 saturated carbocycles. The van der Waals surface area contributed by atoms with Crippen LogP contribution in [0.3, 0.4) is 0 Å². The zero-order valence-corrected chi connectivity index (χ0v) is 14.8. The van der Waals surface area contributed by atoms with Crippen LogP contribution in [0, 0.1) is 23.0 Å². The lowest BCUT2D eigenvalue weighted by atomic mass is 10.0. The predicted octanol–water partition coefficient (Wildman–Crippen LogP) is 3.68. The number of nitro groups is 1. The van der Waals surface area contributed by atoms with Crippen molar-refractivity contribution in [3.05, 3.63) is 80.9 Å². The van der Waals surface area contributed by atoms with Crippen molar-refractivity contribution in [3.63, 3.8) is 0 Å². The van der Waals surface area contributed by atoms with E-state index in [-0.39, 0.29) is 16.9 Å². The van der Waals surface area contributed by atoms with Crippen molar-refractivity contribution < 1.29 is 9.72 Å².